The summed E-state index contributed by atoms with van der Waals surface area (Å²) >= 11 is 0. The van der Waals surface area contributed by atoms with Crippen LogP contribution < -0.4 is 35.2 Å². The van der Waals surface area contributed by atoms with Gasteiger partial charge in [-0.05, 0) is 137 Å². The summed E-state index contributed by atoms with van der Waals surface area (Å²) in [6.45, 7) is 1.68. The molecule has 5 heterocycles. The minimum atomic E-state index is 0. The van der Waals surface area contributed by atoms with E-state index in [-0.39, 0.29) is 19.5 Å². The summed E-state index contributed by atoms with van der Waals surface area (Å²) in [5, 5.41) is 3.62. The van der Waals surface area contributed by atoms with E-state index >= 15 is 0 Å². The third kappa shape index (κ3) is 9.30. The summed E-state index contributed by atoms with van der Waals surface area (Å²) < 4.78 is 16.7. The van der Waals surface area contributed by atoms with Crippen LogP contribution in [0.3, 0.4) is 0 Å². The summed E-state index contributed by atoms with van der Waals surface area (Å²) in [7, 11) is 5.03. The first-order chi connectivity index (χ1) is 31.0. The molecule has 0 radical (unpaired) electrons. The van der Waals surface area contributed by atoms with Crippen LogP contribution in [0.1, 0.15) is 54.9 Å². The molecule has 4 aromatic carbocycles. The van der Waals surface area contributed by atoms with Gasteiger partial charge < -0.3 is 35.2 Å². The van der Waals surface area contributed by atoms with Gasteiger partial charge in [-0.2, -0.15) is 0 Å². The van der Waals surface area contributed by atoms with E-state index < -0.39 is 0 Å². The molecule has 0 spiro atoms. The van der Waals surface area contributed by atoms with Gasteiger partial charge in [0.2, 0.25) is 0 Å². The molecule has 316 valence electrons. The van der Waals surface area contributed by atoms with Crippen LogP contribution in [0.15, 0.2) is 121 Å². The van der Waals surface area contributed by atoms with Crippen molar-refractivity contribution in [2.24, 2.45) is 5.73 Å². The molecule has 3 N–H and O–H groups in total. The average Bonchev–Trinajstić information content (AvgIpc) is 4.18. The Balaban J connectivity index is 0.00000560. The number of rotatable bonds is 15. The predicted octanol–water partition coefficient (Wildman–Crippen LogP) is 11.9. The van der Waals surface area contributed by atoms with Gasteiger partial charge in [0, 0.05) is 12.2 Å². The molecule has 2 aliphatic heterocycles. The Bertz CT molecular complexity index is 2910. The van der Waals surface area contributed by atoms with Gasteiger partial charge in [0.05, 0.1) is 44.1 Å². The molecule has 2 aliphatic rings. The second-order valence-corrected chi connectivity index (χ2v) is 15.6. The topological polar surface area (TPSA) is 120 Å². The van der Waals surface area contributed by atoms with Crippen LogP contribution in [-0.2, 0) is 19.5 Å². The van der Waals surface area contributed by atoms with Gasteiger partial charge in [0.25, 0.3) is 0 Å². The Morgan fingerprint density at radius 2 is 0.734 bits per heavy atom. The zero-order valence-electron chi connectivity index (χ0n) is 36.6. The normalized spacial score (nSPS) is 11.6. The van der Waals surface area contributed by atoms with Crippen LogP contribution in [0, 0.1) is 0 Å². The van der Waals surface area contributed by atoms with Gasteiger partial charge in [0.1, 0.15) is 17.2 Å². The molecular formula is C54H50N6O3Zn. The number of nitrogens with one attached hydrogen (secondary N) is 1. The fourth-order valence-corrected chi connectivity index (χ4v) is 8.33. The number of ether oxygens (including phenoxy) is 3. The molecule has 9 nitrogen and oxygen atoms in total. The van der Waals surface area contributed by atoms with Gasteiger partial charge in [-0.25, -0.2) is 9.97 Å². The molecule has 3 aromatic heterocycles. The van der Waals surface area contributed by atoms with Crippen molar-refractivity contribution in [2.45, 2.75) is 32.1 Å². The number of nitrogens with two attached hydrogens (primary N) is 1. The molecule has 0 saturated carbocycles. The Morgan fingerprint density at radius 3 is 1.06 bits per heavy atom. The quantitative estimate of drug-likeness (QED) is 0.0765. The first-order valence-electron chi connectivity index (χ1n) is 21.6. The van der Waals surface area contributed by atoms with Crippen LogP contribution in [0.5, 0.6) is 17.2 Å². The van der Waals surface area contributed by atoms with Crippen LogP contribution in [0.2, 0.25) is 0 Å². The molecule has 7 aromatic rings. The Kier molecular flexibility index (Phi) is 13.8. The van der Waals surface area contributed by atoms with Crippen LogP contribution in [0.4, 0.5) is 5.69 Å². The molecule has 0 fully saturated rings. The number of fused-ring (bicyclic) bond motifs is 8. The van der Waals surface area contributed by atoms with E-state index in [4.69, 9.17) is 39.9 Å². The van der Waals surface area contributed by atoms with Crippen molar-refractivity contribution in [2.75, 3.05) is 39.7 Å². The number of nitrogens with zero attached hydrogens (tertiary/aromatic N) is 4. The molecule has 0 saturated heterocycles. The molecule has 10 heteroatoms. The summed E-state index contributed by atoms with van der Waals surface area (Å²) in [5.41, 5.74) is 20.7. The maximum absolute atomic E-state index is 5.68. The van der Waals surface area contributed by atoms with E-state index in [0.29, 0.717) is 0 Å². The average molecular weight is 896 g/mol. The van der Waals surface area contributed by atoms with Crippen molar-refractivity contribution < 1.29 is 33.7 Å². The van der Waals surface area contributed by atoms with Gasteiger partial charge in [-0.15, -0.1) is 22.1 Å². The first kappa shape index (κ1) is 43.9. The fourth-order valence-electron chi connectivity index (χ4n) is 8.33. The van der Waals surface area contributed by atoms with E-state index in [9.17, 15) is 0 Å². The second-order valence-electron chi connectivity index (χ2n) is 15.6. The molecule has 0 unspecified atom stereocenters. The van der Waals surface area contributed by atoms with Crippen molar-refractivity contribution in [1.82, 2.24) is 19.9 Å². The second kappa shape index (κ2) is 20.2. The summed E-state index contributed by atoms with van der Waals surface area (Å²) in [6.07, 6.45) is 14.1. The van der Waals surface area contributed by atoms with Crippen molar-refractivity contribution in [3.63, 3.8) is 0 Å². The number of unbranched alkanes of at least 4 members (excludes halogenated alkanes) is 4. The number of hydrogen-bond donors (Lipinski definition) is 2. The standard InChI is InChI=1S/C54H50N6O3.Zn/c1-61-40-19-11-36(12-20-40)52-45-27-25-43(57-45)51(35-9-17-39(18-10-35)56-34-8-6-4-5-7-33-55)44-26-28-46(58-44)53(37-13-21-41(62-2)22-14-37)48-30-32-50(60-48)54(49-31-29-47(52)59-49)38-15-23-42(63-3)24-16-38;/h9-32,56H,4-8,33-34,55H2,1-3H3;/q-2;+2. The minimum Gasteiger partial charge on any atom is -0.657 e. The molecule has 0 amide bonds. The summed E-state index contributed by atoms with van der Waals surface area (Å²) in [4.78, 5) is 21.6. The van der Waals surface area contributed by atoms with E-state index in [1.54, 1.807) is 21.3 Å². The number of hydrogen-bond acceptors (Lipinski definition) is 7. The predicted molar refractivity (Wildman–Crippen MR) is 259 cm³/mol. The van der Waals surface area contributed by atoms with Gasteiger partial charge in [0.15, 0.2) is 0 Å². The third-order valence-corrected chi connectivity index (χ3v) is 11.6. The van der Waals surface area contributed by atoms with Crippen LogP contribution in [0.25, 0.3) is 90.9 Å². The summed E-state index contributed by atoms with van der Waals surface area (Å²) in [5.74, 6) is 2.31. The number of methoxy groups -OCH3 is 3. The molecule has 64 heavy (non-hydrogen) atoms. The molecular weight excluding hydrogens is 846 g/mol. The summed E-state index contributed by atoms with van der Waals surface area (Å²) in [6, 6.07) is 41.1. The zero-order valence-corrected chi connectivity index (χ0v) is 39.6. The zero-order chi connectivity index (χ0) is 43.1. The molecule has 9 rings (SSSR count). The monoisotopic (exact) mass is 894 g/mol. The largest absolute Gasteiger partial charge is 2.00 e. The Morgan fingerprint density at radius 1 is 0.422 bits per heavy atom. The van der Waals surface area contributed by atoms with Crippen LogP contribution >= 0.6 is 0 Å². The Hall–Kier alpha value is -6.74. The van der Waals surface area contributed by atoms with E-state index in [1.165, 1.54) is 19.3 Å². The van der Waals surface area contributed by atoms with Gasteiger partial charge >= 0.3 is 19.5 Å². The van der Waals surface area contributed by atoms with E-state index in [1.807, 2.05) is 36.4 Å². The van der Waals surface area contributed by atoms with Crippen molar-refractivity contribution in [3.05, 3.63) is 144 Å². The first-order valence-corrected chi connectivity index (χ1v) is 21.6. The number of benzene rings is 4. The van der Waals surface area contributed by atoms with Gasteiger partial charge in [-0.3, -0.25) is 0 Å². The number of anilines is 1. The fraction of sp³-hybridized carbons (Fsp3) is 0.185. The van der Waals surface area contributed by atoms with Crippen molar-refractivity contribution in [1.29, 1.82) is 0 Å². The van der Waals surface area contributed by atoms with Crippen molar-refractivity contribution >= 4 is 52.1 Å². The maximum Gasteiger partial charge on any atom is 2.00 e. The third-order valence-electron chi connectivity index (χ3n) is 11.6. The van der Waals surface area contributed by atoms with Crippen LogP contribution in [-0.4, -0.2) is 44.4 Å². The smallest absolute Gasteiger partial charge is 0.657 e. The molecule has 0 aliphatic carbocycles. The van der Waals surface area contributed by atoms with Gasteiger partial charge in [-0.1, -0.05) is 92.1 Å². The van der Waals surface area contributed by atoms with E-state index in [0.717, 1.165) is 138 Å². The molecule has 0 atom stereocenters. The Labute approximate surface area is 387 Å². The molecule has 8 bridgehead atoms. The minimum absolute atomic E-state index is 0. The number of aromatic nitrogens is 4. The van der Waals surface area contributed by atoms with E-state index in [2.05, 4.69) is 115 Å². The maximum atomic E-state index is 5.68. The van der Waals surface area contributed by atoms with Crippen molar-refractivity contribution in [3.8, 4) is 61.8 Å². The SMILES string of the molecule is COc1ccc(-c2c3nc(c(-c4ccc(OC)cc4)c4ccc([n-]4)c(-c4ccc(OC)cc4)c4nc(c(-c5ccc(NCCCCCCCN)cc5)c5ccc2[n-]5)C=C4)C=C3)cc1.[Zn+2].